The lowest BCUT2D eigenvalue weighted by atomic mass is 10.1. The van der Waals surface area contributed by atoms with Crippen LogP contribution in [0.3, 0.4) is 0 Å². The third kappa shape index (κ3) is 3.67. The maximum Gasteiger partial charge on any atom is 0.410 e. The molecule has 2 fully saturated rings. The Hall–Kier alpha value is -1.30. The Morgan fingerprint density at radius 1 is 1.24 bits per heavy atom. The molecule has 2 rings (SSSR count). The minimum absolute atomic E-state index is 0.0111. The van der Waals surface area contributed by atoms with E-state index < -0.39 is 5.60 Å². The third-order valence-corrected chi connectivity index (χ3v) is 3.90. The quantitative estimate of drug-likeness (QED) is 0.689. The van der Waals surface area contributed by atoms with Gasteiger partial charge in [0.05, 0.1) is 6.61 Å². The predicted molar refractivity (Wildman–Crippen MR) is 77.9 cm³/mol. The van der Waals surface area contributed by atoms with Gasteiger partial charge in [0.1, 0.15) is 11.6 Å². The number of carbonyl (C=O) groups excluding carboxylic acids is 2. The van der Waals surface area contributed by atoms with Gasteiger partial charge in [-0.3, -0.25) is 9.69 Å². The third-order valence-electron chi connectivity index (χ3n) is 3.90. The van der Waals surface area contributed by atoms with Crippen LogP contribution in [0.25, 0.3) is 0 Å². The highest BCUT2D eigenvalue weighted by atomic mass is 16.6. The first kappa shape index (κ1) is 16.1. The molecule has 0 spiro atoms. The maximum atomic E-state index is 12.3. The van der Waals surface area contributed by atoms with Crippen LogP contribution in [0.1, 0.15) is 41.0 Å². The molecule has 2 aliphatic heterocycles. The molecule has 120 valence electrons. The SMILES string of the molecule is C[C@@H]1CN([C@H]2CCOC2=O)C[C@H](C)N1C(=O)OC(C)(C)C. The van der Waals surface area contributed by atoms with Gasteiger partial charge in [0.2, 0.25) is 0 Å². The first-order valence-electron chi connectivity index (χ1n) is 7.61. The second-order valence-electron chi connectivity index (χ2n) is 7.01. The second kappa shape index (κ2) is 5.83. The van der Waals surface area contributed by atoms with E-state index in [9.17, 15) is 9.59 Å². The molecule has 0 saturated carbocycles. The fourth-order valence-electron chi connectivity index (χ4n) is 3.11. The molecule has 2 aliphatic rings. The van der Waals surface area contributed by atoms with Crippen molar-refractivity contribution in [3.8, 4) is 0 Å². The minimum Gasteiger partial charge on any atom is -0.464 e. The topological polar surface area (TPSA) is 59.1 Å². The van der Waals surface area contributed by atoms with Crippen LogP contribution >= 0.6 is 0 Å². The molecule has 6 heteroatoms. The van der Waals surface area contributed by atoms with Gasteiger partial charge in [-0.05, 0) is 34.6 Å². The van der Waals surface area contributed by atoms with Crippen molar-refractivity contribution in [1.29, 1.82) is 0 Å². The summed E-state index contributed by atoms with van der Waals surface area (Å²) in [5, 5.41) is 0. The van der Waals surface area contributed by atoms with E-state index in [1.165, 1.54) is 0 Å². The highest BCUT2D eigenvalue weighted by Crippen LogP contribution is 2.24. The van der Waals surface area contributed by atoms with E-state index in [0.29, 0.717) is 19.7 Å². The van der Waals surface area contributed by atoms with E-state index in [1.807, 2.05) is 34.6 Å². The Morgan fingerprint density at radius 2 is 1.81 bits per heavy atom. The standard InChI is InChI=1S/C15H26N2O4/c1-10-8-16(12-6-7-20-13(12)18)9-11(2)17(10)14(19)21-15(3,4)5/h10-12H,6-9H2,1-5H3/t10-,11+,12-/m0/s1. The molecule has 0 N–H and O–H groups in total. The Balaban J connectivity index is 2.02. The van der Waals surface area contributed by atoms with Crippen LogP contribution in [0.4, 0.5) is 4.79 Å². The Bertz CT molecular complexity index is 406. The fraction of sp³-hybridized carbons (Fsp3) is 0.867. The van der Waals surface area contributed by atoms with E-state index in [1.54, 1.807) is 4.90 Å². The lowest BCUT2D eigenvalue weighted by molar-refractivity contribution is -0.143. The summed E-state index contributed by atoms with van der Waals surface area (Å²) in [4.78, 5) is 28.0. The molecule has 0 aromatic carbocycles. The number of hydrogen-bond donors (Lipinski definition) is 0. The molecule has 0 aliphatic carbocycles. The van der Waals surface area contributed by atoms with E-state index >= 15 is 0 Å². The Morgan fingerprint density at radius 3 is 2.24 bits per heavy atom. The van der Waals surface area contributed by atoms with Gasteiger partial charge in [0.15, 0.2) is 0 Å². The zero-order valence-corrected chi connectivity index (χ0v) is 13.6. The summed E-state index contributed by atoms with van der Waals surface area (Å²) >= 11 is 0. The average molecular weight is 298 g/mol. The van der Waals surface area contributed by atoms with Crippen LogP contribution < -0.4 is 0 Å². The van der Waals surface area contributed by atoms with Crippen LogP contribution in [-0.4, -0.2) is 65.3 Å². The maximum absolute atomic E-state index is 12.3. The largest absolute Gasteiger partial charge is 0.464 e. The zero-order chi connectivity index (χ0) is 15.8. The molecule has 0 aromatic heterocycles. The van der Waals surface area contributed by atoms with Crippen LogP contribution in [0.15, 0.2) is 0 Å². The number of esters is 1. The van der Waals surface area contributed by atoms with E-state index in [2.05, 4.69) is 4.90 Å². The van der Waals surface area contributed by atoms with Crippen molar-refractivity contribution in [3.05, 3.63) is 0 Å². The molecule has 21 heavy (non-hydrogen) atoms. The lowest BCUT2D eigenvalue weighted by Gasteiger charge is -2.45. The summed E-state index contributed by atoms with van der Waals surface area (Å²) < 4.78 is 10.5. The van der Waals surface area contributed by atoms with Crippen molar-refractivity contribution < 1.29 is 19.1 Å². The lowest BCUT2D eigenvalue weighted by Crippen LogP contribution is -2.61. The van der Waals surface area contributed by atoms with Gasteiger partial charge in [-0.15, -0.1) is 0 Å². The van der Waals surface area contributed by atoms with Crippen molar-refractivity contribution in [3.63, 3.8) is 0 Å². The summed E-state index contributed by atoms with van der Waals surface area (Å²) in [6.45, 7) is 11.4. The van der Waals surface area contributed by atoms with Crippen molar-refractivity contribution in [2.75, 3.05) is 19.7 Å². The van der Waals surface area contributed by atoms with Crippen LogP contribution in [0.5, 0.6) is 0 Å². The van der Waals surface area contributed by atoms with Gasteiger partial charge in [-0.1, -0.05) is 0 Å². The number of carbonyl (C=O) groups is 2. The number of cyclic esters (lactones) is 1. The fourth-order valence-corrected chi connectivity index (χ4v) is 3.11. The van der Waals surface area contributed by atoms with E-state index in [0.717, 1.165) is 6.42 Å². The number of ether oxygens (including phenoxy) is 2. The molecule has 0 aromatic rings. The highest BCUT2D eigenvalue weighted by Gasteiger charge is 2.41. The van der Waals surface area contributed by atoms with Gasteiger partial charge in [-0.2, -0.15) is 0 Å². The minimum atomic E-state index is -0.497. The number of hydrogen-bond acceptors (Lipinski definition) is 5. The Labute approximate surface area is 126 Å². The summed E-state index contributed by atoms with van der Waals surface area (Å²) in [6, 6.07) is -0.135. The van der Waals surface area contributed by atoms with Crippen LogP contribution in [0.2, 0.25) is 0 Å². The highest BCUT2D eigenvalue weighted by molar-refractivity contribution is 5.77. The van der Waals surface area contributed by atoms with Crippen LogP contribution in [-0.2, 0) is 14.3 Å². The molecule has 0 bridgehead atoms. The molecule has 3 atom stereocenters. The molecule has 1 amide bonds. The van der Waals surface area contributed by atoms with E-state index in [4.69, 9.17) is 9.47 Å². The number of amides is 1. The molecule has 6 nitrogen and oxygen atoms in total. The second-order valence-corrected chi connectivity index (χ2v) is 7.01. The van der Waals surface area contributed by atoms with Crippen molar-refractivity contribution in [2.24, 2.45) is 0 Å². The zero-order valence-electron chi connectivity index (χ0n) is 13.6. The summed E-state index contributed by atoms with van der Waals surface area (Å²) in [6.07, 6.45) is 0.459. The monoisotopic (exact) mass is 298 g/mol. The molecule has 2 heterocycles. The van der Waals surface area contributed by atoms with E-state index in [-0.39, 0.29) is 30.2 Å². The average Bonchev–Trinajstić information content (AvgIpc) is 2.71. The number of nitrogens with zero attached hydrogens (tertiary/aromatic N) is 2. The molecular formula is C15H26N2O4. The van der Waals surface area contributed by atoms with Gasteiger partial charge in [-0.25, -0.2) is 4.79 Å². The van der Waals surface area contributed by atoms with Gasteiger partial charge < -0.3 is 14.4 Å². The smallest absolute Gasteiger partial charge is 0.410 e. The number of piperazine rings is 1. The summed E-state index contributed by atoms with van der Waals surface area (Å²) in [5.74, 6) is -0.139. The van der Waals surface area contributed by atoms with Crippen LogP contribution in [0, 0.1) is 0 Å². The van der Waals surface area contributed by atoms with Crippen molar-refractivity contribution in [2.45, 2.75) is 64.8 Å². The molecular weight excluding hydrogens is 272 g/mol. The molecule has 2 saturated heterocycles. The van der Waals surface area contributed by atoms with Gasteiger partial charge >= 0.3 is 12.1 Å². The summed E-state index contributed by atoms with van der Waals surface area (Å²) in [5.41, 5.74) is -0.497. The Kier molecular flexibility index (Phi) is 4.46. The van der Waals surface area contributed by atoms with Crippen molar-refractivity contribution in [1.82, 2.24) is 9.80 Å². The van der Waals surface area contributed by atoms with Gasteiger partial charge in [0, 0.05) is 31.6 Å². The normalized spacial score (nSPS) is 31.2. The van der Waals surface area contributed by atoms with Gasteiger partial charge in [0.25, 0.3) is 0 Å². The molecule has 0 unspecified atom stereocenters. The predicted octanol–water partition coefficient (Wildman–Crippen LogP) is 1.63. The first-order valence-corrected chi connectivity index (χ1v) is 7.61. The summed E-state index contributed by atoms with van der Waals surface area (Å²) in [7, 11) is 0. The number of rotatable bonds is 1. The molecule has 0 radical (unpaired) electrons. The first-order chi connectivity index (χ1) is 9.69. The van der Waals surface area contributed by atoms with Crippen molar-refractivity contribution >= 4 is 12.1 Å².